The van der Waals surface area contributed by atoms with E-state index in [0.717, 1.165) is 0 Å². The molecule has 0 aliphatic rings. The van der Waals surface area contributed by atoms with Gasteiger partial charge in [-0.2, -0.15) is 0 Å². The van der Waals surface area contributed by atoms with Crippen LogP contribution in [0.1, 0.15) is 0 Å². The Morgan fingerprint density at radius 2 is 2.18 bits per heavy atom. The van der Waals surface area contributed by atoms with Gasteiger partial charge in [0.2, 0.25) is 0 Å². The van der Waals surface area contributed by atoms with E-state index in [2.05, 4.69) is 0 Å². The van der Waals surface area contributed by atoms with Crippen molar-refractivity contribution in [2.45, 2.75) is 0 Å². The number of nitrogens with two attached hydrogens (primary N) is 1. The zero-order valence-electron chi connectivity index (χ0n) is 5.90. The highest BCUT2D eigenvalue weighted by Gasteiger charge is 2.07. The number of ether oxygens (including phenoxy) is 1. The summed E-state index contributed by atoms with van der Waals surface area (Å²) < 4.78 is 17.4. The fraction of sp³-hybridized carbons (Fsp3) is 0.143. The largest absolute Gasteiger partial charge is 0.495 e. The SMILES string of the molecule is COc1ccc(F)c(Cl)c1N. The fourth-order valence-electron chi connectivity index (χ4n) is 0.727. The molecular formula is C7H7ClFNO. The van der Waals surface area contributed by atoms with E-state index in [0.29, 0.717) is 5.75 Å². The summed E-state index contributed by atoms with van der Waals surface area (Å²) in [5.74, 6) is -0.152. The molecule has 0 heterocycles. The lowest BCUT2D eigenvalue weighted by Crippen LogP contribution is -1.94. The van der Waals surface area contributed by atoms with Crippen LogP contribution < -0.4 is 10.5 Å². The van der Waals surface area contributed by atoms with Crippen LogP contribution in [0, 0.1) is 5.82 Å². The van der Waals surface area contributed by atoms with Crippen LogP contribution in [0.2, 0.25) is 5.02 Å². The van der Waals surface area contributed by atoms with Crippen molar-refractivity contribution < 1.29 is 9.13 Å². The van der Waals surface area contributed by atoms with Crippen molar-refractivity contribution >= 4 is 17.3 Å². The van der Waals surface area contributed by atoms with E-state index in [4.69, 9.17) is 22.1 Å². The first-order valence-corrected chi connectivity index (χ1v) is 3.32. The number of benzene rings is 1. The van der Waals surface area contributed by atoms with E-state index in [1.165, 1.54) is 19.2 Å². The molecule has 2 nitrogen and oxygen atoms in total. The first-order chi connectivity index (χ1) is 5.16. The van der Waals surface area contributed by atoms with E-state index in [1.54, 1.807) is 0 Å². The van der Waals surface area contributed by atoms with Crippen LogP contribution in [0.3, 0.4) is 0 Å². The maximum absolute atomic E-state index is 12.6. The van der Waals surface area contributed by atoms with E-state index >= 15 is 0 Å². The Labute approximate surface area is 68.7 Å². The van der Waals surface area contributed by atoms with Crippen molar-refractivity contribution in [3.05, 3.63) is 23.0 Å². The lowest BCUT2D eigenvalue weighted by molar-refractivity contribution is 0.416. The van der Waals surface area contributed by atoms with Gasteiger partial charge in [-0.15, -0.1) is 0 Å². The molecule has 0 aliphatic carbocycles. The van der Waals surface area contributed by atoms with Gasteiger partial charge in [0, 0.05) is 0 Å². The third-order valence-corrected chi connectivity index (χ3v) is 1.70. The summed E-state index contributed by atoms with van der Waals surface area (Å²) in [5, 5.41) is -0.0932. The Hall–Kier alpha value is -0.960. The van der Waals surface area contributed by atoms with Crippen LogP contribution in [0.4, 0.5) is 10.1 Å². The summed E-state index contributed by atoms with van der Waals surface area (Å²) in [5.41, 5.74) is 5.53. The molecule has 0 unspecified atom stereocenters. The Morgan fingerprint density at radius 3 is 2.73 bits per heavy atom. The van der Waals surface area contributed by atoms with Crippen LogP contribution in [0.25, 0.3) is 0 Å². The molecule has 4 heteroatoms. The van der Waals surface area contributed by atoms with E-state index in [-0.39, 0.29) is 10.7 Å². The molecule has 1 rings (SSSR count). The van der Waals surface area contributed by atoms with Gasteiger partial charge in [-0.1, -0.05) is 11.6 Å². The minimum atomic E-state index is -0.537. The quantitative estimate of drug-likeness (QED) is 0.664. The molecule has 1 aromatic carbocycles. The summed E-state index contributed by atoms with van der Waals surface area (Å²) in [6.07, 6.45) is 0. The van der Waals surface area contributed by atoms with Crippen molar-refractivity contribution in [3.8, 4) is 5.75 Å². The van der Waals surface area contributed by atoms with Crippen LogP contribution in [-0.2, 0) is 0 Å². The standard InChI is InChI=1S/C7H7ClFNO/c1-11-5-3-2-4(9)6(8)7(5)10/h2-3H,10H2,1H3. The third-order valence-electron chi connectivity index (χ3n) is 1.31. The second-order valence-corrected chi connectivity index (χ2v) is 2.36. The second-order valence-electron chi connectivity index (χ2n) is 1.98. The number of methoxy groups -OCH3 is 1. The maximum atomic E-state index is 12.6. The third kappa shape index (κ3) is 1.38. The molecule has 0 aliphatic heterocycles. The van der Waals surface area contributed by atoms with Gasteiger partial charge in [0.15, 0.2) is 0 Å². The van der Waals surface area contributed by atoms with Gasteiger partial charge in [0.25, 0.3) is 0 Å². The molecule has 0 aromatic heterocycles. The Balaban J connectivity index is 3.25. The molecule has 0 bridgehead atoms. The smallest absolute Gasteiger partial charge is 0.144 e. The van der Waals surface area contributed by atoms with E-state index in [9.17, 15) is 4.39 Å². The molecule has 11 heavy (non-hydrogen) atoms. The molecule has 0 saturated heterocycles. The van der Waals surface area contributed by atoms with Crippen LogP contribution in [0.15, 0.2) is 12.1 Å². The van der Waals surface area contributed by atoms with Crippen molar-refractivity contribution in [1.82, 2.24) is 0 Å². The summed E-state index contributed by atoms with van der Waals surface area (Å²) in [4.78, 5) is 0. The molecule has 0 fully saturated rings. The number of halogens is 2. The van der Waals surface area contributed by atoms with Crippen LogP contribution in [-0.4, -0.2) is 7.11 Å². The highest BCUT2D eigenvalue weighted by molar-refractivity contribution is 6.33. The number of rotatable bonds is 1. The number of nitrogen functional groups attached to an aromatic ring is 1. The molecule has 0 spiro atoms. The predicted molar refractivity (Wildman–Crippen MR) is 42.4 cm³/mol. The lowest BCUT2D eigenvalue weighted by Gasteiger charge is -2.05. The minimum Gasteiger partial charge on any atom is -0.495 e. The minimum absolute atomic E-state index is 0.0932. The molecule has 2 N–H and O–H groups in total. The molecular weight excluding hydrogens is 169 g/mol. The number of hydrogen-bond donors (Lipinski definition) is 1. The fourth-order valence-corrected chi connectivity index (χ4v) is 0.883. The molecule has 0 saturated carbocycles. The van der Waals surface area contributed by atoms with Gasteiger partial charge in [0.05, 0.1) is 12.8 Å². The first kappa shape index (κ1) is 8.14. The maximum Gasteiger partial charge on any atom is 0.144 e. The van der Waals surface area contributed by atoms with Crippen molar-refractivity contribution in [1.29, 1.82) is 0 Å². The van der Waals surface area contributed by atoms with Crippen LogP contribution in [0.5, 0.6) is 5.75 Å². The highest BCUT2D eigenvalue weighted by atomic mass is 35.5. The monoisotopic (exact) mass is 175 g/mol. The lowest BCUT2D eigenvalue weighted by atomic mass is 10.3. The molecule has 0 atom stereocenters. The van der Waals surface area contributed by atoms with Gasteiger partial charge >= 0.3 is 0 Å². The Morgan fingerprint density at radius 1 is 1.55 bits per heavy atom. The Kier molecular flexibility index (Phi) is 2.19. The number of anilines is 1. The van der Waals surface area contributed by atoms with Gasteiger partial charge < -0.3 is 10.5 Å². The average molecular weight is 176 g/mol. The zero-order valence-corrected chi connectivity index (χ0v) is 6.65. The van der Waals surface area contributed by atoms with Gasteiger partial charge in [-0.05, 0) is 12.1 Å². The van der Waals surface area contributed by atoms with E-state index < -0.39 is 5.82 Å². The topological polar surface area (TPSA) is 35.2 Å². The molecule has 0 amide bonds. The highest BCUT2D eigenvalue weighted by Crippen LogP contribution is 2.30. The summed E-state index contributed by atoms with van der Waals surface area (Å²) >= 11 is 5.48. The Bertz CT molecular complexity index is 277. The normalized spacial score (nSPS) is 9.73. The molecule has 60 valence electrons. The molecule has 0 radical (unpaired) electrons. The van der Waals surface area contributed by atoms with Gasteiger partial charge in [-0.3, -0.25) is 0 Å². The summed E-state index contributed by atoms with van der Waals surface area (Å²) in [6.45, 7) is 0. The second kappa shape index (κ2) is 2.96. The van der Waals surface area contributed by atoms with E-state index in [1.807, 2.05) is 0 Å². The number of hydrogen-bond acceptors (Lipinski definition) is 2. The first-order valence-electron chi connectivity index (χ1n) is 2.94. The van der Waals surface area contributed by atoms with Crippen LogP contribution >= 0.6 is 11.6 Å². The van der Waals surface area contributed by atoms with Crippen molar-refractivity contribution in [2.24, 2.45) is 0 Å². The predicted octanol–water partition coefficient (Wildman–Crippen LogP) is 2.07. The zero-order chi connectivity index (χ0) is 8.43. The van der Waals surface area contributed by atoms with Gasteiger partial charge in [0.1, 0.15) is 16.6 Å². The average Bonchev–Trinajstić information content (AvgIpc) is 2.01. The summed E-state index contributed by atoms with van der Waals surface area (Å²) in [7, 11) is 1.44. The van der Waals surface area contributed by atoms with Gasteiger partial charge in [-0.25, -0.2) is 4.39 Å². The van der Waals surface area contributed by atoms with Crippen molar-refractivity contribution in [2.75, 3.05) is 12.8 Å². The summed E-state index contributed by atoms with van der Waals surface area (Å²) in [6, 6.07) is 2.63. The van der Waals surface area contributed by atoms with Crippen molar-refractivity contribution in [3.63, 3.8) is 0 Å². The molecule has 1 aromatic rings.